The molecular formula is C11H12ClNO. The molecule has 0 radical (unpaired) electrons. The van der Waals surface area contributed by atoms with Gasteiger partial charge in [-0.15, -0.1) is 11.6 Å². The number of halogens is 1. The third-order valence-corrected chi connectivity index (χ3v) is 2.58. The lowest BCUT2D eigenvalue weighted by molar-refractivity contribution is -0.113. The Morgan fingerprint density at radius 1 is 1.50 bits per heavy atom. The van der Waals surface area contributed by atoms with Crippen LogP contribution in [0.5, 0.6) is 0 Å². The van der Waals surface area contributed by atoms with Crippen molar-refractivity contribution in [2.24, 2.45) is 0 Å². The van der Waals surface area contributed by atoms with Crippen LogP contribution in [0.3, 0.4) is 0 Å². The fraction of sp³-hybridized carbons (Fsp3) is 0.364. The van der Waals surface area contributed by atoms with E-state index in [1.165, 1.54) is 18.4 Å². The van der Waals surface area contributed by atoms with Gasteiger partial charge in [-0.25, -0.2) is 0 Å². The molecule has 1 aromatic rings. The van der Waals surface area contributed by atoms with E-state index in [1.807, 2.05) is 18.2 Å². The molecule has 0 spiro atoms. The number of nitrogens with one attached hydrogen (secondary N) is 1. The van der Waals surface area contributed by atoms with Gasteiger partial charge in [0.1, 0.15) is 5.88 Å². The monoisotopic (exact) mass is 209 g/mol. The SMILES string of the molecule is O=C(CCl)Nc1cccc(C2CC2)c1. The molecule has 2 nitrogen and oxygen atoms in total. The van der Waals surface area contributed by atoms with Crippen molar-refractivity contribution in [3.8, 4) is 0 Å². The summed E-state index contributed by atoms with van der Waals surface area (Å²) in [5.41, 5.74) is 2.16. The fourth-order valence-corrected chi connectivity index (χ4v) is 1.55. The Balaban J connectivity index is 2.09. The van der Waals surface area contributed by atoms with Crippen LogP contribution in [0.15, 0.2) is 24.3 Å². The Bertz CT molecular complexity index is 347. The van der Waals surface area contributed by atoms with Gasteiger partial charge in [-0.1, -0.05) is 12.1 Å². The number of hydrogen-bond acceptors (Lipinski definition) is 1. The normalized spacial score (nSPS) is 15.2. The van der Waals surface area contributed by atoms with Crippen molar-refractivity contribution < 1.29 is 4.79 Å². The van der Waals surface area contributed by atoms with Gasteiger partial charge >= 0.3 is 0 Å². The molecule has 3 heteroatoms. The summed E-state index contributed by atoms with van der Waals surface area (Å²) < 4.78 is 0. The van der Waals surface area contributed by atoms with E-state index in [4.69, 9.17) is 11.6 Å². The number of anilines is 1. The second kappa shape index (κ2) is 4.01. The Hall–Kier alpha value is -1.02. The van der Waals surface area contributed by atoms with Crippen molar-refractivity contribution >= 4 is 23.2 Å². The van der Waals surface area contributed by atoms with E-state index in [1.54, 1.807) is 0 Å². The molecule has 1 saturated carbocycles. The fourth-order valence-electron chi connectivity index (χ4n) is 1.48. The van der Waals surface area contributed by atoms with Crippen LogP contribution in [0.25, 0.3) is 0 Å². The van der Waals surface area contributed by atoms with Gasteiger partial charge in [0.2, 0.25) is 5.91 Å². The van der Waals surface area contributed by atoms with E-state index in [-0.39, 0.29) is 11.8 Å². The molecule has 0 saturated heterocycles. The van der Waals surface area contributed by atoms with Crippen molar-refractivity contribution in [1.82, 2.24) is 0 Å². The average molecular weight is 210 g/mol. The molecule has 1 fully saturated rings. The Morgan fingerprint density at radius 3 is 2.93 bits per heavy atom. The Morgan fingerprint density at radius 2 is 2.29 bits per heavy atom. The minimum absolute atomic E-state index is 0.00760. The minimum atomic E-state index is -0.153. The largest absolute Gasteiger partial charge is 0.325 e. The summed E-state index contributed by atoms with van der Waals surface area (Å²) in [7, 11) is 0. The summed E-state index contributed by atoms with van der Waals surface area (Å²) >= 11 is 5.40. The third kappa shape index (κ3) is 2.26. The molecule has 1 aliphatic rings. The molecule has 14 heavy (non-hydrogen) atoms. The smallest absolute Gasteiger partial charge is 0.239 e. The predicted molar refractivity (Wildman–Crippen MR) is 57.8 cm³/mol. The first-order valence-corrected chi connectivity index (χ1v) is 5.29. The molecule has 0 unspecified atom stereocenters. The van der Waals surface area contributed by atoms with Crippen molar-refractivity contribution in [3.05, 3.63) is 29.8 Å². The second-order valence-corrected chi connectivity index (χ2v) is 3.85. The maximum Gasteiger partial charge on any atom is 0.239 e. The highest BCUT2D eigenvalue weighted by Gasteiger charge is 2.23. The molecule has 2 rings (SSSR count). The van der Waals surface area contributed by atoms with Crippen LogP contribution in [0, 0.1) is 0 Å². The standard InChI is InChI=1S/C11H12ClNO/c12-7-11(14)13-10-3-1-2-9(6-10)8-4-5-8/h1-3,6,8H,4-5,7H2,(H,13,14). The van der Waals surface area contributed by atoms with Gasteiger partial charge in [0.25, 0.3) is 0 Å². The van der Waals surface area contributed by atoms with E-state index in [0.29, 0.717) is 5.92 Å². The first-order chi connectivity index (χ1) is 6.79. The van der Waals surface area contributed by atoms with E-state index >= 15 is 0 Å². The van der Waals surface area contributed by atoms with Crippen molar-refractivity contribution in [3.63, 3.8) is 0 Å². The highest BCUT2D eigenvalue weighted by molar-refractivity contribution is 6.29. The van der Waals surface area contributed by atoms with E-state index in [9.17, 15) is 4.79 Å². The van der Waals surface area contributed by atoms with Gasteiger partial charge in [0.15, 0.2) is 0 Å². The van der Waals surface area contributed by atoms with Gasteiger partial charge in [-0.3, -0.25) is 4.79 Å². The van der Waals surface area contributed by atoms with Gasteiger partial charge in [-0.2, -0.15) is 0 Å². The molecule has 0 bridgehead atoms. The Kier molecular flexibility index (Phi) is 2.73. The molecule has 74 valence electrons. The molecular weight excluding hydrogens is 198 g/mol. The van der Waals surface area contributed by atoms with E-state index in [2.05, 4.69) is 11.4 Å². The number of rotatable bonds is 3. The van der Waals surface area contributed by atoms with Crippen molar-refractivity contribution in [2.75, 3.05) is 11.2 Å². The number of carbonyl (C=O) groups excluding carboxylic acids is 1. The lowest BCUT2D eigenvalue weighted by atomic mass is 10.1. The minimum Gasteiger partial charge on any atom is -0.325 e. The molecule has 0 atom stereocenters. The quantitative estimate of drug-likeness (QED) is 0.763. The summed E-state index contributed by atoms with van der Waals surface area (Å²) in [6.07, 6.45) is 2.54. The molecule has 1 amide bonds. The average Bonchev–Trinajstić information content (AvgIpc) is 3.01. The maximum atomic E-state index is 11.0. The van der Waals surface area contributed by atoms with Gasteiger partial charge in [0, 0.05) is 5.69 Å². The van der Waals surface area contributed by atoms with Crippen molar-refractivity contribution in [2.45, 2.75) is 18.8 Å². The number of alkyl halides is 1. The Labute approximate surface area is 88.3 Å². The topological polar surface area (TPSA) is 29.1 Å². The van der Waals surface area contributed by atoms with Gasteiger partial charge in [0.05, 0.1) is 0 Å². The number of amides is 1. The van der Waals surface area contributed by atoms with Gasteiger partial charge < -0.3 is 5.32 Å². The zero-order valence-corrected chi connectivity index (χ0v) is 8.55. The molecule has 1 N–H and O–H groups in total. The number of carbonyl (C=O) groups is 1. The van der Waals surface area contributed by atoms with Crippen LogP contribution >= 0.6 is 11.6 Å². The number of benzene rings is 1. The van der Waals surface area contributed by atoms with Crippen LogP contribution in [0.2, 0.25) is 0 Å². The zero-order chi connectivity index (χ0) is 9.97. The van der Waals surface area contributed by atoms with Crippen LogP contribution in [0.1, 0.15) is 24.3 Å². The highest BCUT2D eigenvalue weighted by atomic mass is 35.5. The molecule has 0 aromatic heterocycles. The van der Waals surface area contributed by atoms with Crippen LogP contribution in [0.4, 0.5) is 5.69 Å². The summed E-state index contributed by atoms with van der Waals surface area (Å²) in [5.74, 6) is 0.565. The van der Waals surface area contributed by atoms with Crippen LogP contribution < -0.4 is 5.32 Å². The first kappa shape index (κ1) is 9.53. The first-order valence-electron chi connectivity index (χ1n) is 4.75. The second-order valence-electron chi connectivity index (χ2n) is 3.58. The zero-order valence-electron chi connectivity index (χ0n) is 7.79. The summed E-state index contributed by atoms with van der Waals surface area (Å²) in [6.45, 7) is 0. The summed E-state index contributed by atoms with van der Waals surface area (Å²) in [5, 5.41) is 2.74. The predicted octanol–water partition coefficient (Wildman–Crippen LogP) is 2.74. The highest BCUT2D eigenvalue weighted by Crippen LogP contribution is 2.40. The van der Waals surface area contributed by atoms with Crippen LogP contribution in [-0.4, -0.2) is 11.8 Å². The van der Waals surface area contributed by atoms with Crippen molar-refractivity contribution in [1.29, 1.82) is 0 Å². The van der Waals surface area contributed by atoms with Crippen LogP contribution in [-0.2, 0) is 4.79 Å². The third-order valence-electron chi connectivity index (χ3n) is 2.34. The van der Waals surface area contributed by atoms with E-state index in [0.717, 1.165) is 5.69 Å². The lowest BCUT2D eigenvalue weighted by Gasteiger charge is -2.04. The van der Waals surface area contributed by atoms with E-state index < -0.39 is 0 Å². The molecule has 0 heterocycles. The summed E-state index contributed by atoms with van der Waals surface area (Å²) in [4.78, 5) is 11.0. The number of hydrogen-bond donors (Lipinski definition) is 1. The summed E-state index contributed by atoms with van der Waals surface area (Å²) in [6, 6.07) is 7.99. The van der Waals surface area contributed by atoms with Gasteiger partial charge in [-0.05, 0) is 36.5 Å². The maximum absolute atomic E-state index is 11.0. The molecule has 1 aliphatic carbocycles. The molecule has 0 aliphatic heterocycles. The molecule has 1 aromatic carbocycles. The lowest BCUT2D eigenvalue weighted by Crippen LogP contribution is -2.12.